The van der Waals surface area contributed by atoms with Crippen LogP contribution in [0.4, 0.5) is 10.6 Å². The third-order valence-electron chi connectivity index (χ3n) is 3.54. The molecule has 0 aromatic carbocycles. The van der Waals surface area contributed by atoms with Crippen LogP contribution < -0.4 is 5.32 Å². The SMILES string of the molecule is Cc1cc(C)nc(NC(=O)N2CCCN(S(C)(=O)=O)CC2)c1. The van der Waals surface area contributed by atoms with Gasteiger partial charge in [0.2, 0.25) is 10.0 Å². The molecule has 1 N–H and O–H groups in total. The molecule has 0 radical (unpaired) electrons. The Labute approximate surface area is 131 Å². The summed E-state index contributed by atoms with van der Waals surface area (Å²) in [5, 5.41) is 2.78. The monoisotopic (exact) mass is 326 g/mol. The number of hydrogen-bond donors (Lipinski definition) is 1. The fraction of sp³-hybridized carbons (Fsp3) is 0.571. The van der Waals surface area contributed by atoms with Crippen LogP contribution >= 0.6 is 0 Å². The molecular formula is C14H22N4O3S. The Hall–Kier alpha value is -1.67. The van der Waals surface area contributed by atoms with Gasteiger partial charge in [-0.3, -0.25) is 5.32 Å². The number of aromatic nitrogens is 1. The second kappa shape index (κ2) is 6.62. The summed E-state index contributed by atoms with van der Waals surface area (Å²) in [4.78, 5) is 18.2. The van der Waals surface area contributed by atoms with E-state index in [4.69, 9.17) is 0 Å². The Balaban J connectivity index is 2.01. The number of urea groups is 1. The predicted molar refractivity (Wildman–Crippen MR) is 85.3 cm³/mol. The fourth-order valence-electron chi connectivity index (χ4n) is 2.52. The first-order chi connectivity index (χ1) is 10.3. The smallest absolute Gasteiger partial charge is 0.323 e. The minimum Gasteiger partial charge on any atom is -0.323 e. The van der Waals surface area contributed by atoms with Crippen molar-refractivity contribution in [1.29, 1.82) is 0 Å². The van der Waals surface area contributed by atoms with Gasteiger partial charge in [-0.15, -0.1) is 0 Å². The third-order valence-corrected chi connectivity index (χ3v) is 4.85. The summed E-state index contributed by atoms with van der Waals surface area (Å²) in [5.41, 5.74) is 1.87. The fourth-order valence-corrected chi connectivity index (χ4v) is 3.40. The average Bonchev–Trinajstić information content (AvgIpc) is 2.62. The number of sulfonamides is 1. The van der Waals surface area contributed by atoms with Crippen LogP contribution in [-0.4, -0.2) is 61.1 Å². The lowest BCUT2D eigenvalue weighted by molar-refractivity contribution is 0.214. The minimum absolute atomic E-state index is 0.243. The summed E-state index contributed by atoms with van der Waals surface area (Å²) in [7, 11) is -3.21. The molecule has 1 aromatic heterocycles. The zero-order valence-corrected chi connectivity index (χ0v) is 14.0. The number of aryl methyl sites for hydroxylation is 2. The molecule has 2 amide bonds. The molecule has 122 valence electrons. The van der Waals surface area contributed by atoms with Crippen molar-refractivity contribution in [3.05, 3.63) is 23.4 Å². The summed E-state index contributed by atoms with van der Waals surface area (Å²) < 4.78 is 24.6. The minimum atomic E-state index is -3.21. The summed E-state index contributed by atoms with van der Waals surface area (Å²) >= 11 is 0. The topological polar surface area (TPSA) is 82.6 Å². The Bertz CT molecular complexity index is 640. The number of nitrogens with one attached hydrogen (secondary N) is 1. The second-order valence-corrected chi connectivity index (χ2v) is 7.59. The molecule has 2 rings (SSSR count). The maximum absolute atomic E-state index is 12.3. The zero-order chi connectivity index (χ0) is 16.3. The van der Waals surface area contributed by atoms with Crippen LogP contribution in [0.3, 0.4) is 0 Å². The first kappa shape index (κ1) is 16.7. The molecule has 1 aromatic rings. The highest BCUT2D eigenvalue weighted by Crippen LogP contribution is 2.12. The van der Waals surface area contributed by atoms with Crippen molar-refractivity contribution in [2.45, 2.75) is 20.3 Å². The van der Waals surface area contributed by atoms with E-state index >= 15 is 0 Å². The van der Waals surface area contributed by atoms with Gasteiger partial charge in [0, 0.05) is 31.9 Å². The number of pyridine rings is 1. The van der Waals surface area contributed by atoms with Gasteiger partial charge in [-0.2, -0.15) is 0 Å². The molecule has 0 atom stereocenters. The van der Waals surface area contributed by atoms with Crippen LogP contribution in [0, 0.1) is 13.8 Å². The molecule has 0 spiro atoms. The Morgan fingerprint density at radius 3 is 2.55 bits per heavy atom. The van der Waals surface area contributed by atoms with E-state index in [0.717, 1.165) is 11.3 Å². The molecule has 2 heterocycles. The van der Waals surface area contributed by atoms with Gasteiger partial charge in [0.25, 0.3) is 0 Å². The molecule has 8 heteroatoms. The van der Waals surface area contributed by atoms with Gasteiger partial charge in [0.1, 0.15) is 5.82 Å². The second-order valence-electron chi connectivity index (χ2n) is 5.60. The van der Waals surface area contributed by atoms with E-state index in [-0.39, 0.29) is 6.03 Å². The number of carbonyl (C=O) groups is 1. The van der Waals surface area contributed by atoms with Crippen molar-refractivity contribution in [2.75, 3.05) is 37.8 Å². The summed E-state index contributed by atoms with van der Waals surface area (Å²) in [6.45, 7) is 5.50. The van der Waals surface area contributed by atoms with Crippen molar-refractivity contribution in [3.8, 4) is 0 Å². The molecule has 1 saturated heterocycles. The number of amides is 2. The van der Waals surface area contributed by atoms with Gasteiger partial charge in [0.15, 0.2) is 0 Å². The van der Waals surface area contributed by atoms with Crippen LogP contribution in [0.5, 0.6) is 0 Å². The Morgan fingerprint density at radius 1 is 1.18 bits per heavy atom. The molecule has 0 unspecified atom stereocenters. The van der Waals surface area contributed by atoms with Crippen molar-refractivity contribution in [2.24, 2.45) is 0 Å². The van der Waals surface area contributed by atoms with Crippen LogP contribution in [-0.2, 0) is 10.0 Å². The van der Waals surface area contributed by atoms with E-state index in [2.05, 4.69) is 10.3 Å². The first-order valence-corrected chi connectivity index (χ1v) is 9.07. The van der Waals surface area contributed by atoms with Gasteiger partial charge in [0.05, 0.1) is 6.26 Å². The van der Waals surface area contributed by atoms with Crippen molar-refractivity contribution in [3.63, 3.8) is 0 Å². The van der Waals surface area contributed by atoms with E-state index in [1.54, 1.807) is 4.90 Å². The molecule has 7 nitrogen and oxygen atoms in total. The number of anilines is 1. The Kier molecular flexibility index (Phi) is 5.02. The van der Waals surface area contributed by atoms with E-state index in [1.807, 2.05) is 26.0 Å². The van der Waals surface area contributed by atoms with Crippen LogP contribution in [0.1, 0.15) is 17.7 Å². The van der Waals surface area contributed by atoms with E-state index in [0.29, 0.717) is 38.4 Å². The molecular weight excluding hydrogens is 304 g/mol. The summed E-state index contributed by atoms with van der Waals surface area (Å²) in [5.74, 6) is 0.520. The highest BCUT2D eigenvalue weighted by Gasteiger charge is 2.23. The number of nitrogens with zero attached hydrogens (tertiary/aromatic N) is 3. The van der Waals surface area contributed by atoms with Crippen molar-refractivity contribution < 1.29 is 13.2 Å². The number of rotatable bonds is 2. The molecule has 1 aliphatic heterocycles. The Morgan fingerprint density at radius 2 is 1.91 bits per heavy atom. The van der Waals surface area contributed by atoms with Gasteiger partial charge in [-0.1, -0.05) is 0 Å². The van der Waals surface area contributed by atoms with Crippen molar-refractivity contribution in [1.82, 2.24) is 14.2 Å². The third kappa shape index (κ3) is 4.41. The van der Waals surface area contributed by atoms with E-state index in [1.165, 1.54) is 10.6 Å². The highest BCUT2D eigenvalue weighted by atomic mass is 32.2. The normalized spacial score (nSPS) is 17.1. The predicted octanol–water partition coefficient (Wildman–Crippen LogP) is 1.20. The molecule has 0 saturated carbocycles. The zero-order valence-electron chi connectivity index (χ0n) is 13.2. The average molecular weight is 326 g/mol. The largest absolute Gasteiger partial charge is 0.323 e. The molecule has 0 aliphatic carbocycles. The van der Waals surface area contributed by atoms with Gasteiger partial charge in [-0.05, 0) is 38.0 Å². The lowest BCUT2D eigenvalue weighted by Crippen LogP contribution is -2.39. The number of hydrogen-bond acceptors (Lipinski definition) is 4. The van der Waals surface area contributed by atoms with Crippen molar-refractivity contribution >= 4 is 21.9 Å². The maximum Gasteiger partial charge on any atom is 0.323 e. The van der Waals surface area contributed by atoms with Crippen LogP contribution in [0.25, 0.3) is 0 Å². The maximum atomic E-state index is 12.3. The summed E-state index contributed by atoms with van der Waals surface area (Å²) in [6.07, 6.45) is 1.82. The van der Waals surface area contributed by atoms with Gasteiger partial charge >= 0.3 is 6.03 Å². The van der Waals surface area contributed by atoms with Crippen LogP contribution in [0.15, 0.2) is 12.1 Å². The molecule has 1 aliphatic rings. The van der Waals surface area contributed by atoms with E-state index in [9.17, 15) is 13.2 Å². The van der Waals surface area contributed by atoms with Gasteiger partial charge in [-0.25, -0.2) is 22.5 Å². The number of carbonyl (C=O) groups excluding carboxylic acids is 1. The highest BCUT2D eigenvalue weighted by molar-refractivity contribution is 7.88. The lowest BCUT2D eigenvalue weighted by atomic mass is 10.2. The van der Waals surface area contributed by atoms with Gasteiger partial charge < -0.3 is 4.90 Å². The standard InChI is InChI=1S/C14H22N4O3S/c1-11-9-12(2)15-13(10-11)16-14(19)17-5-4-6-18(8-7-17)22(3,20)21/h9-10H,4-8H2,1-3H3,(H,15,16,19). The molecule has 1 fully saturated rings. The molecule has 0 bridgehead atoms. The lowest BCUT2D eigenvalue weighted by Gasteiger charge is -2.21. The molecule has 22 heavy (non-hydrogen) atoms. The van der Waals surface area contributed by atoms with E-state index < -0.39 is 10.0 Å². The first-order valence-electron chi connectivity index (χ1n) is 7.22. The summed E-state index contributed by atoms with van der Waals surface area (Å²) in [6, 6.07) is 3.50. The quantitative estimate of drug-likeness (QED) is 0.885. The van der Waals surface area contributed by atoms with Crippen LogP contribution in [0.2, 0.25) is 0 Å².